The molecule has 0 bridgehead atoms. The number of ether oxygens (including phenoxy) is 1. The third kappa shape index (κ3) is 6.86. The number of nitrogens with zero attached hydrogens (tertiary/aromatic N) is 1. The van der Waals surface area contributed by atoms with Gasteiger partial charge in [0.25, 0.3) is 5.91 Å². The molecule has 0 aliphatic heterocycles. The highest BCUT2D eigenvalue weighted by Crippen LogP contribution is 2.24. The highest BCUT2D eigenvalue weighted by atomic mass is 32.2. The molecule has 1 saturated carbocycles. The molecule has 0 spiro atoms. The molecule has 1 aliphatic carbocycles. The lowest BCUT2D eigenvalue weighted by molar-refractivity contribution is -0.130. The molecule has 28 heavy (non-hydrogen) atoms. The number of rotatable bonds is 7. The number of thioether (sulfide) groups is 1. The molecule has 1 fully saturated rings. The lowest BCUT2D eigenvalue weighted by atomic mass is 10.1. The first-order valence-electron chi connectivity index (χ1n) is 9.82. The van der Waals surface area contributed by atoms with Gasteiger partial charge in [-0.25, -0.2) is 4.79 Å². The Morgan fingerprint density at radius 3 is 2.43 bits per heavy atom. The van der Waals surface area contributed by atoms with Crippen molar-refractivity contribution < 1.29 is 19.1 Å². The van der Waals surface area contributed by atoms with Crippen LogP contribution in [0.15, 0.2) is 29.2 Å². The van der Waals surface area contributed by atoms with Gasteiger partial charge in [0, 0.05) is 25.0 Å². The number of benzene rings is 1. The molecule has 1 aliphatic rings. The largest absolute Gasteiger partial charge is 0.449 e. The fraction of sp³-hybridized carbons (Fsp3) is 0.571. The van der Waals surface area contributed by atoms with Crippen LogP contribution in [0.3, 0.4) is 0 Å². The van der Waals surface area contributed by atoms with Gasteiger partial charge < -0.3 is 15.0 Å². The summed E-state index contributed by atoms with van der Waals surface area (Å²) in [7, 11) is 3.38. The Morgan fingerprint density at radius 1 is 1.14 bits per heavy atom. The van der Waals surface area contributed by atoms with E-state index in [0.717, 1.165) is 25.7 Å². The lowest BCUT2D eigenvalue weighted by Crippen LogP contribution is -2.41. The molecule has 1 aromatic carbocycles. The number of hydrogen-bond donors (Lipinski definition) is 1. The minimum atomic E-state index is -0.864. The Bertz CT molecular complexity index is 685. The molecule has 1 atom stereocenters. The van der Waals surface area contributed by atoms with Gasteiger partial charge in [-0.1, -0.05) is 37.8 Å². The van der Waals surface area contributed by atoms with Crippen LogP contribution in [0.25, 0.3) is 0 Å². The van der Waals surface area contributed by atoms with Crippen LogP contribution in [-0.2, 0) is 14.3 Å². The topological polar surface area (TPSA) is 75.7 Å². The van der Waals surface area contributed by atoms with Crippen molar-refractivity contribution in [1.29, 1.82) is 0 Å². The van der Waals surface area contributed by atoms with Crippen molar-refractivity contribution in [3.63, 3.8) is 0 Å². The van der Waals surface area contributed by atoms with E-state index in [0.29, 0.717) is 10.5 Å². The quantitative estimate of drug-likeness (QED) is 0.427. The normalized spacial score (nSPS) is 16.0. The van der Waals surface area contributed by atoms with Crippen molar-refractivity contribution in [2.45, 2.75) is 62.5 Å². The van der Waals surface area contributed by atoms with Crippen LogP contribution in [0, 0.1) is 0 Å². The van der Waals surface area contributed by atoms with E-state index in [1.165, 1.54) is 29.5 Å². The average Bonchev–Trinajstić information content (AvgIpc) is 2.94. The molecule has 0 saturated heterocycles. The summed E-state index contributed by atoms with van der Waals surface area (Å²) in [6.45, 7) is 1.59. The molecule has 2 amide bonds. The number of amides is 2. The fourth-order valence-corrected chi connectivity index (χ4v) is 4.07. The lowest BCUT2D eigenvalue weighted by Gasteiger charge is -2.20. The van der Waals surface area contributed by atoms with Crippen molar-refractivity contribution in [2.24, 2.45) is 0 Å². The number of nitrogens with one attached hydrogen (secondary N) is 1. The molecule has 2 rings (SSSR count). The summed E-state index contributed by atoms with van der Waals surface area (Å²) in [6.07, 6.45) is 5.75. The second-order valence-electron chi connectivity index (χ2n) is 7.32. The van der Waals surface area contributed by atoms with Gasteiger partial charge in [0.2, 0.25) is 5.91 Å². The molecule has 0 heterocycles. The van der Waals surface area contributed by atoms with E-state index in [9.17, 15) is 14.4 Å². The molecule has 0 aromatic heterocycles. The third-order valence-electron chi connectivity index (χ3n) is 4.81. The zero-order chi connectivity index (χ0) is 20.5. The van der Waals surface area contributed by atoms with Gasteiger partial charge in [-0.15, -0.1) is 11.8 Å². The van der Waals surface area contributed by atoms with Crippen molar-refractivity contribution >= 4 is 29.5 Å². The van der Waals surface area contributed by atoms with Gasteiger partial charge in [0.1, 0.15) is 0 Å². The fourth-order valence-electron chi connectivity index (χ4n) is 3.05. The minimum Gasteiger partial charge on any atom is -0.449 e. The molecule has 154 valence electrons. The number of carbonyl (C=O) groups is 3. The average molecular weight is 407 g/mol. The van der Waals surface area contributed by atoms with Crippen LogP contribution in [-0.4, -0.2) is 54.7 Å². The first-order chi connectivity index (χ1) is 13.4. The van der Waals surface area contributed by atoms with Crippen LogP contribution in [0.5, 0.6) is 0 Å². The highest BCUT2D eigenvalue weighted by Gasteiger charge is 2.23. The van der Waals surface area contributed by atoms with E-state index < -0.39 is 12.1 Å². The molecular weight excluding hydrogens is 376 g/mol. The van der Waals surface area contributed by atoms with E-state index in [1.807, 2.05) is 0 Å². The second-order valence-corrected chi connectivity index (χ2v) is 8.33. The predicted molar refractivity (Wildman–Crippen MR) is 110 cm³/mol. The van der Waals surface area contributed by atoms with Crippen molar-refractivity contribution in [1.82, 2.24) is 10.2 Å². The first kappa shape index (κ1) is 22.3. The number of esters is 1. The Hall–Kier alpha value is -2.02. The molecule has 1 N–H and O–H groups in total. The highest BCUT2D eigenvalue weighted by molar-refractivity contribution is 8.00. The van der Waals surface area contributed by atoms with Gasteiger partial charge in [-0.2, -0.15) is 0 Å². The maximum absolute atomic E-state index is 12.6. The Balaban J connectivity index is 1.94. The van der Waals surface area contributed by atoms with Gasteiger partial charge >= 0.3 is 5.97 Å². The summed E-state index contributed by atoms with van der Waals surface area (Å²) in [5, 5.41) is 3.01. The van der Waals surface area contributed by atoms with Gasteiger partial charge in [0.15, 0.2) is 6.10 Å². The predicted octanol–water partition coefficient (Wildman–Crippen LogP) is 3.25. The summed E-state index contributed by atoms with van der Waals surface area (Å²) in [5.41, 5.74) is 0.369. The van der Waals surface area contributed by atoms with Gasteiger partial charge in [-0.05, 0) is 31.9 Å². The number of carbonyl (C=O) groups excluding carboxylic acids is 3. The molecule has 0 radical (unpaired) electrons. The van der Waals surface area contributed by atoms with E-state index in [2.05, 4.69) is 5.32 Å². The van der Waals surface area contributed by atoms with Crippen molar-refractivity contribution in [3.05, 3.63) is 29.8 Å². The van der Waals surface area contributed by atoms with Crippen LogP contribution in [0.2, 0.25) is 0 Å². The van der Waals surface area contributed by atoms with E-state index in [-0.39, 0.29) is 23.6 Å². The molecule has 6 nitrogen and oxygen atoms in total. The minimum absolute atomic E-state index is 0.0377. The summed E-state index contributed by atoms with van der Waals surface area (Å²) in [6, 6.07) is 7.14. The zero-order valence-corrected chi connectivity index (χ0v) is 17.7. The van der Waals surface area contributed by atoms with E-state index in [1.54, 1.807) is 45.3 Å². The first-order valence-corrected chi connectivity index (χ1v) is 10.8. The van der Waals surface area contributed by atoms with E-state index in [4.69, 9.17) is 4.74 Å². The smallest absolute Gasteiger partial charge is 0.340 e. The van der Waals surface area contributed by atoms with Gasteiger partial charge in [0.05, 0.1) is 11.3 Å². The maximum Gasteiger partial charge on any atom is 0.340 e. The molecule has 7 heteroatoms. The standard InChI is InChI=1S/C21H30N2O4S/c1-15(20(25)22-16-10-6-4-5-7-11-16)27-21(26)17-12-8-9-13-18(17)28-14-19(24)23(2)3/h8-9,12-13,15-16H,4-7,10-11,14H2,1-3H3,(H,22,25)/t15-/m1/s1. The van der Waals surface area contributed by atoms with Crippen LogP contribution in [0.4, 0.5) is 0 Å². The van der Waals surface area contributed by atoms with E-state index >= 15 is 0 Å². The zero-order valence-electron chi connectivity index (χ0n) is 16.9. The van der Waals surface area contributed by atoms with Crippen molar-refractivity contribution in [2.75, 3.05) is 19.8 Å². The Labute approximate surface area is 171 Å². The monoisotopic (exact) mass is 406 g/mol. The summed E-state index contributed by atoms with van der Waals surface area (Å²) in [4.78, 5) is 39.0. The summed E-state index contributed by atoms with van der Waals surface area (Å²) < 4.78 is 5.41. The van der Waals surface area contributed by atoms with Gasteiger partial charge in [-0.3, -0.25) is 9.59 Å². The SMILES string of the molecule is C[C@@H](OC(=O)c1ccccc1SCC(=O)N(C)C)C(=O)NC1CCCCCC1. The van der Waals surface area contributed by atoms with Crippen LogP contribution < -0.4 is 5.32 Å². The van der Waals surface area contributed by atoms with Crippen LogP contribution >= 0.6 is 11.8 Å². The maximum atomic E-state index is 12.6. The Morgan fingerprint density at radius 2 is 1.79 bits per heavy atom. The molecular formula is C21H30N2O4S. The molecule has 1 aromatic rings. The Kier molecular flexibility index (Phi) is 8.83. The summed E-state index contributed by atoms with van der Waals surface area (Å²) >= 11 is 1.29. The third-order valence-corrected chi connectivity index (χ3v) is 5.87. The summed E-state index contributed by atoms with van der Waals surface area (Å²) in [5.74, 6) is -0.615. The number of hydrogen-bond acceptors (Lipinski definition) is 5. The van der Waals surface area contributed by atoms with Crippen LogP contribution in [0.1, 0.15) is 55.8 Å². The molecule has 0 unspecified atom stereocenters. The second kappa shape index (κ2) is 11.1. The van der Waals surface area contributed by atoms with Crippen molar-refractivity contribution in [3.8, 4) is 0 Å².